The zero-order chi connectivity index (χ0) is 16.2. The Morgan fingerprint density at radius 2 is 2.09 bits per heavy atom. The highest BCUT2D eigenvalue weighted by Crippen LogP contribution is 2.32. The van der Waals surface area contributed by atoms with Crippen molar-refractivity contribution in [1.29, 1.82) is 0 Å². The summed E-state index contributed by atoms with van der Waals surface area (Å²) in [5.74, 6) is 0.919. The van der Waals surface area contributed by atoms with Crippen molar-refractivity contribution >= 4 is 11.6 Å². The molecule has 1 atom stereocenters. The van der Waals surface area contributed by atoms with E-state index >= 15 is 0 Å². The minimum absolute atomic E-state index is 0.220. The van der Waals surface area contributed by atoms with E-state index in [1.165, 1.54) is 12.8 Å². The SMILES string of the molecule is COCC(O)CN1CCC(=O)N(CC2CC2)Cc2ccccc21. The molecule has 5 nitrogen and oxygen atoms in total. The number of para-hydroxylation sites is 1. The molecule has 1 aromatic carbocycles. The third kappa shape index (κ3) is 4.24. The predicted molar refractivity (Wildman–Crippen MR) is 89.3 cm³/mol. The van der Waals surface area contributed by atoms with Gasteiger partial charge < -0.3 is 19.6 Å². The van der Waals surface area contributed by atoms with E-state index in [4.69, 9.17) is 4.74 Å². The normalized spacial score (nSPS) is 20.0. The largest absolute Gasteiger partial charge is 0.389 e. The Labute approximate surface area is 137 Å². The molecule has 1 aliphatic carbocycles. The summed E-state index contributed by atoms with van der Waals surface area (Å²) in [7, 11) is 1.59. The van der Waals surface area contributed by atoms with Crippen LogP contribution in [0.2, 0.25) is 0 Å². The molecule has 3 rings (SSSR count). The highest BCUT2D eigenvalue weighted by atomic mass is 16.5. The fraction of sp³-hybridized carbons (Fsp3) is 0.611. The molecule has 0 bridgehead atoms. The molecule has 1 N–H and O–H groups in total. The molecule has 2 aliphatic rings. The third-order valence-corrected chi connectivity index (χ3v) is 4.61. The number of methoxy groups -OCH3 is 1. The van der Waals surface area contributed by atoms with Crippen LogP contribution in [0, 0.1) is 5.92 Å². The Morgan fingerprint density at radius 1 is 1.30 bits per heavy atom. The van der Waals surface area contributed by atoms with Gasteiger partial charge in [-0.25, -0.2) is 0 Å². The summed E-state index contributed by atoms with van der Waals surface area (Å²) in [6, 6.07) is 8.21. The smallest absolute Gasteiger partial charge is 0.224 e. The number of nitrogens with zero attached hydrogens (tertiary/aromatic N) is 2. The number of carbonyl (C=O) groups is 1. The van der Waals surface area contributed by atoms with E-state index in [1.54, 1.807) is 7.11 Å². The Balaban J connectivity index is 1.79. The van der Waals surface area contributed by atoms with Gasteiger partial charge in [-0.2, -0.15) is 0 Å². The predicted octanol–water partition coefficient (Wildman–Crippen LogP) is 1.64. The second kappa shape index (κ2) is 7.32. The molecule has 126 valence electrons. The summed E-state index contributed by atoms with van der Waals surface area (Å²) in [5.41, 5.74) is 2.28. The first-order chi connectivity index (χ1) is 11.2. The van der Waals surface area contributed by atoms with Crippen molar-refractivity contribution < 1.29 is 14.6 Å². The minimum Gasteiger partial charge on any atom is -0.389 e. The Kier molecular flexibility index (Phi) is 5.18. The van der Waals surface area contributed by atoms with Gasteiger partial charge in [0.25, 0.3) is 0 Å². The number of fused-ring (bicyclic) bond motifs is 1. The molecular formula is C18H26N2O3. The number of hydrogen-bond acceptors (Lipinski definition) is 4. The lowest BCUT2D eigenvalue weighted by Crippen LogP contribution is -2.42. The van der Waals surface area contributed by atoms with Crippen LogP contribution in [-0.4, -0.2) is 55.4 Å². The first kappa shape index (κ1) is 16.3. The molecule has 23 heavy (non-hydrogen) atoms. The zero-order valence-electron chi connectivity index (χ0n) is 13.8. The standard InChI is InChI=1S/C18H26N2O3/c1-23-13-16(21)12-19-9-8-18(22)20(10-14-6-7-14)11-15-4-2-3-5-17(15)19/h2-5,14,16,21H,6-13H2,1H3. The molecule has 1 unspecified atom stereocenters. The van der Waals surface area contributed by atoms with Crippen LogP contribution in [0.3, 0.4) is 0 Å². The first-order valence-electron chi connectivity index (χ1n) is 8.45. The summed E-state index contributed by atoms with van der Waals surface area (Å²) in [4.78, 5) is 16.6. The van der Waals surface area contributed by atoms with Gasteiger partial charge in [-0.3, -0.25) is 4.79 Å². The van der Waals surface area contributed by atoms with E-state index in [9.17, 15) is 9.90 Å². The molecule has 1 aliphatic heterocycles. The average molecular weight is 318 g/mol. The summed E-state index contributed by atoms with van der Waals surface area (Å²) < 4.78 is 5.03. The van der Waals surface area contributed by atoms with Crippen molar-refractivity contribution in [3.63, 3.8) is 0 Å². The number of ether oxygens (including phenoxy) is 1. The van der Waals surface area contributed by atoms with Crippen LogP contribution in [0.5, 0.6) is 0 Å². The van der Waals surface area contributed by atoms with E-state index in [0.29, 0.717) is 38.6 Å². The van der Waals surface area contributed by atoms with Crippen LogP contribution < -0.4 is 4.90 Å². The van der Waals surface area contributed by atoms with E-state index in [1.807, 2.05) is 17.0 Å². The molecule has 0 spiro atoms. The van der Waals surface area contributed by atoms with Gasteiger partial charge >= 0.3 is 0 Å². The van der Waals surface area contributed by atoms with Crippen molar-refractivity contribution in [2.24, 2.45) is 5.92 Å². The quantitative estimate of drug-likeness (QED) is 0.866. The van der Waals surface area contributed by atoms with Crippen LogP contribution in [-0.2, 0) is 16.1 Å². The van der Waals surface area contributed by atoms with Crippen molar-refractivity contribution in [2.75, 3.05) is 38.3 Å². The molecule has 1 amide bonds. The van der Waals surface area contributed by atoms with Gasteiger partial charge in [0.1, 0.15) is 0 Å². The lowest BCUT2D eigenvalue weighted by atomic mass is 10.1. The van der Waals surface area contributed by atoms with Crippen molar-refractivity contribution in [3.05, 3.63) is 29.8 Å². The number of β-amino-alcohol motifs (C(OH)–C–C–N with tert-alkyl or cyclic N) is 1. The van der Waals surface area contributed by atoms with Crippen LogP contribution in [0.15, 0.2) is 24.3 Å². The van der Waals surface area contributed by atoms with Gasteiger partial charge in [-0.15, -0.1) is 0 Å². The number of rotatable bonds is 6. The summed E-state index contributed by atoms with van der Waals surface area (Å²) >= 11 is 0. The Bertz CT molecular complexity index is 545. The molecule has 0 aromatic heterocycles. The number of aliphatic hydroxyl groups excluding tert-OH is 1. The van der Waals surface area contributed by atoms with Gasteiger partial charge in [-0.1, -0.05) is 18.2 Å². The Morgan fingerprint density at radius 3 is 2.83 bits per heavy atom. The van der Waals surface area contributed by atoms with Crippen molar-refractivity contribution in [2.45, 2.75) is 31.9 Å². The third-order valence-electron chi connectivity index (χ3n) is 4.61. The number of benzene rings is 1. The fourth-order valence-electron chi connectivity index (χ4n) is 3.22. The Hall–Kier alpha value is -1.59. The van der Waals surface area contributed by atoms with E-state index in [-0.39, 0.29) is 5.91 Å². The zero-order valence-corrected chi connectivity index (χ0v) is 13.8. The van der Waals surface area contributed by atoms with E-state index in [0.717, 1.165) is 17.8 Å². The molecule has 0 radical (unpaired) electrons. The second-order valence-corrected chi connectivity index (χ2v) is 6.65. The van der Waals surface area contributed by atoms with Crippen molar-refractivity contribution in [3.8, 4) is 0 Å². The first-order valence-corrected chi connectivity index (χ1v) is 8.45. The average Bonchev–Trinajstić information content (AvgIpc) is 3.34. The van der Waals surface area contributed by atoms with E-state index in [2.05, 4.69) is 17.0 Å². The maximum absolute atomic E-state index is 12.5. The summed E-state index contributed by atoms with van der Waals surface area (Å²) in [5, 5.41) is 10.1. The number of aliphatic hydroxyl groups is 1. The number of carbonyl (C=O) groups excluding carboxylic acids is 1. The highest BCUT2D eigenvalue weighted by molar-refractivity contribution is 5.78. The molecule has 5 heteroatoms. The van der Waals surface area contributed by atoms with Crippen molar-refractivity contribution in [1.82, 2.24) is 4.90 Å². The van der Waals surface area contributed by atoms with Gasteiger partial charge in [0.2, 0.25) is 5.91 Å². The van der Waals surface area contributed by atoms with Crippen LogP contribution in [0.1, 0.15) is 24.8 Å². The molecule has 1 aromatic rings. The number of anilines is 1. The van der Waals surface area contributed by atoms with Crippen LogP contribution >= 0.6 is 0 Å². The maximum Gasteiger partial charge on any atom is 0.224 e. The molecule has 0 saturated heterocycles. The molecule has 1 heterocycles. The van der Waals surface area contributed by atoms with E-state index < -0.39 is 6.10 Å². The van der Waals surface area contributed by atoms with Crippen LogP contribution in [0.4, 0.5) is 5.69 Å². The molecular weight excluding hydrogens is 292 g/mol. The fourth-order valence-corrected chi connectivity index (χ4v) is 3.22. The highest BCUT2D eigenvalue weighted by Gasteiger charge is 2.29. The summed E-state index contributed by atoms with van der Waals surface area (Å²) in [6.07, 6.45) is 2.45. The number of hydrogen-bond donors (Lipinski definition) is 1. The van der Waals surface area contributed by atoms with Gasteiger partial charge in [0.05, 0.1) is 12.7 Å². The topological polar surface area (TPSA) is 53.0 Å². The van der Waals surface area contributed by atoms with Gasteiger partial charge in [0, 0.05) is 45.4 Å². The summed E-state index contributed by atoms with van der Waals surface area (Å²) in [6.45, 7) is 2.99. The molecule has 1 saturated carbocycles. The minimum atomic E-state index is -0.551. The lowest BCUT2D eigenvalue weighted by molar-refractivity contribution is -0.132. The maximum atomic E-state index is 12.5. The van der Waals surface area contributed by atoms with Gasteiger partial charge in [0.15, 0.2) is 0 Å². The monoisotopic (exact) mass is 318 g/mol. The molecule has 1 fully saturated rings. The lowest BCUT2D eigenvalue weighted by Gasteiger charge is -2.34. The number of amides is 1. The second-order valence-electron chi connectivity index (χ2n) is 6.65. The van der Waals surface area contributed by atoms with Crippen LogP contribution in [0.25, 0.3) is 0 Å². The van der Waals surface area contributed by atoms with Gasteiger partial charge in [-0.05, 0) is 30.4 Å².